The van der Waals surface area contributed by atoms with Gasteiger partial charge >= 0.3 is 0 Å². The van der Waals surface area contributed by atoms with Gasteiger partial charge in [-0.25, -0.2) is 0 Å². The molecule has 1 aliphatic rings. The molecule has 0 aliphatic heterocycles. The second-order valence-corrected chi connectivity index (χ2v) is 5.29. The van der Waals surface area contributed by atoms with Gasteiger partial charge in [0.1, 0.15) is 12.4 Å². The van der Waals surface area contributed by atoms with Gasteiger partial charge in [0.15, 0.2) is 0 Å². The highest BCUT2D eigenvalue weighted by molar-refractivity contribution is 5.28. The molecule has 1 fully saturated rings. The monoisotopic (exact) mass is 279 g/mol. The standard InChI is InChI=1S/C16H25NO3/c1-13(12-18-2)19-8-9-20-16-5-3-4-14(10-16)11-17-15-6-7-15/h3-5,10,13,15,17H,6-9,11-12H2,1-2H3. The van der Waals surface area contributed by atoms with Crippen LogP contribution in [-0.4, -0.2) is 39.1 Å². The molecule has 0 radical (unpaired) electrons. The molecule has 0 saturated heterocycles. The van der Waals surface area contributed by atoms with Crippen molar-refractivity contribution < 1.29 is 14.2 Å². The Morgan fingerprint density at radius 2 is 2.15 bits per heavy atom. The first kappa shape index (κ1) is 15.3. The first-order valence-corrected chi connectivity index (χ1v) is 7.33. The van der Waals surface area contributed by atoms with Crippen molar-refractivity contribution in [3.05, 3.63) is 29.8 Å². The fraction of sp³-hybridized carbons (Fsp3) is 0.625. The number of ether oxygens (including phenoxy) is 3. The Kier molecular flexibility index (Phi) is 6.30. The summed E-state index contributed by atoms with van der Waals surface area (Å²) in [5.74, 6) is 0.906. The van der Waals surface area contributed by atoms with Crippen LogP contribution < -0.4 is 10.1 Å². The molecular formula is C16H25NO3. The lowest BCUT2D eigenvalue weighted by atomic mass is 10.2. The maximum Gasteiger partial charge on any atom is 0.119 e. The third-order valence-corrected chi connectivity index (χ3v) is 3.23. The number of hydrogen-bond acceptors (Lipinski definition) is 4. The second kappa shape index (κ2) is 8.25. The van der Waals surface area contributed by atoms with E-state index in [4.69, 9.17) is 14.2 Å². The van der Waals surface area contributed by atoms with Crippen molar-refractivity contribution in [3.8, 4) is 5.75 Å². The molecule has 1 N–H and O–H groups in total. The topological polar surface area (TPSA) is 39.7 Å². The molecule has 1 atom stereocenters. The maximum atomic E-state index is 5.70. The molecule has 4 heteroatoms. The van der Waals surface area contributed by atoms with Crippen molar-refractivity contribution >= 4 is 0 Å². The zero-order valence-electron chi connectivity index (χ0n) is 12.4. The van der Waals surface area contributed by atoms with Crippen molar-refractivity contribution in [1.82, 2.24) is 5.32 Å². The molecule has 0 bridgehead atoms. The zero-order valence-corrected chi connectivity index (χ0v) is 12.4. The summed E-state index contributed by atoms with van der Waals surface area (Å²) in [7, 11) is 1.68. The number of benzene rings is 1. The maximum absolute atomic E-state index is 5.70. The van der Waals surface area contributed by atoms with Gasteiger partial charge in [0.05, 0.1) is 19.3 Å². The van der Waals surface area contributed by atoms with Crippen LogP contribution in [0.2, 0.25) is 0 Å². The van der Waals surface area contributed by atoms with Crippen LogP contribution in [0.25, 0.3) is 0 Å². The van der Waals surface area contributed by atoms with E-state index < -0.39 is 0 Å². The minimum absolute atomic E-state index is 0.109. The largest absolute Gasteiger partial charge is 0.491 e. The summed E-state index contributed by atoms with van der Waals surface area (Å²) < 4.78 is 16.3. The third kappa shape index (κ3) is 5.90. The van der Waals surface area contributed by atoms with Crippen LogP contribution >= 0.6 is 0 Å². The lowest BCUT2D eigenvalue weighted by Gasteiger charge is -2.13. The highest BCUT2D eigenvalue weighted by Crippen LogP contribution is 2.20. The van der Waals surface area contributed by atoms with E-state index in [1.807, 2.05) is 19.1 Å². The Hall–Kier alpha value is -1.10. The van der Waals surface area contributed by atoms with Gasteiger partial charge in [-0.15, -0.1) is 0 Å². The van der Waals surface area contributed by atoms with Crippen molar-refractivity contribution in [2.75, 3.05) is 26.9 Å². The van der Waals surface area contributed by atoms with E-state index in [9.17, 15) is 0 Å². The van der Waals surface area contributed by atoms with Crippen molar-refractivity contribution in [2.24, 2.45) is 0 Å². The van der Waals surface area contributed by atoms with Gasteiger partial charge < -0.3 is 19.5 Å². The Morgan fingerprint density at radius 1 is 1.30 bits per heavy atom. The molecule has 112 valence electrons. The molecule has 2 rings (SSSR count). The van der Waals surface area contributed by atoms with E-state index in [2.05, 4.69) is 17.4 Å². The van der Waals surface area contributed by atoms with E-state index in [1.54, 1.807) is 7.11 Å². The Bertz CT molecular complexity index is 393. The normalized spacial score (nSPS) is 16.1. The van der Waals surface area contributed by atoms with Crippen LogP contribution in [0.3, 0.4) is 0 Å². The summed E-state index contributed by atoms with van der Waals surface area (Å²) in [6.07, 6.45) is 2.73. The Morgan fingerprint density at radius 3 is 2.90 bits per heavy atom. The molecule has 4 nitrogen and oxygen atoms in total. The number of rotatable bonds is 10. The van der Waals surface area contributed by atoms with Gasteiger partial charge in [-0.1, -0.05) is 12.1 Å². The summed E-state index contributed by atoms with van der Waals surface area (Å²) >= 11 is 0. The predicted molar refractivity (Wildman–Crippen MR) is 79.1 cm³/mol. The number of hydrogen-bond donors (Lipinski definition) is 1. The van der Waals surface area contributed by atoms with E-state index >= 15 is 0 Å². The smallest absolute Gasteiger partial charge is 0.119 e. The molecule has 1 aromatic rings. The molecule has 1 unspecified atom stereocenters. The van der Waals surface area contributed by atoms with Gasteiger partial charge in [-0.2, -0.15) is 0 Å². The molecule has 0 spiro atoms. The summed E-state index contributed by atoms with van der Waals surface area (Å²) in [5, 5.41) is 3.50. The predicted octanol–water partition coefficient (Wildman–Crippen LogP) is 2.37. The average molecular weight is 279 g/mol. The van der Waals surface area contributed by atoms with Crippen LogP contribution in [0.4, 0.5) is 0 Å². The van der Waals surface area contributed by atoms with E-state index in [0.29, 0.717) is 19.8 Å². The summed E-state index contributed by atoms with van der Waals surface area (Å²) in [6, 6.07) is 8.97. The summed E-state index contributed by atoms with van der Waals surface area (Å²) in [5.41, 5.74) is 1.27. The SMILES string of the molecule is COCC(C)OCCOc1cccc(CNC2CC2)c1. The highest BCUT2D eigenvalue weighted by atomic mass is 16.5. The van der Waals surface area contributed by atoms with Crippen LogP contribution in [0.1, 0.15) is 25.3 Å². The van der Waals surface area contributed by atoms with Gasteiger partial charge in [-0.3, -0.25) is 0 Å². The summed E-state index contributed by atoms with van der Waals surface area (Å²) in [6.45, 7) is 4.67. The van der Waals surface area contributed by atoms with Crippen LogP contribution in [0.5, 0.6) is 5.75 Å². The number of methoxy groups -OCH3 is 1. The molecule has 0 heterocycles. The quantitative estimate of drug-likeness (QED) is 0.668. The van der Waals surface area contributed by atoms with Gasteiger partial charge in [0.25, 0.3) is 0 Å². The lowest BCUT2D eigenvalue weighted by molar-refractivity contribution is -0.00215. The minimum Gasteiger partial charge on any atom is -0.491 e. The number of nitrogens with one attached hydrogen (secondary N) is 1. The zero-order chi connectivity index (χ0) is 14.2. The van der Waals surface area contributed by atoms with Crippen molar-refractivity contribution in [2.45, 2.75) is 38.5 Å². The molecule has 1 aromatic carbocycles. The van der Waals surface area contributed by atoms with Crippen LogP contribution in [0.15, 0.2) is 24.3 Å². The van der Waals surface area contributed by atoms with Crippen LogP contribution in [-0.2, 0) is 16.0 Å². The van der Waals surface area contributed by atoms with E-state index in [1.165, 1.54) is 18.4 Å². The van der Waals surface area contributed by atoms with E-state index in [-0.39, 0.29) is 6.10 Å². The van der Waals surface area contributed by atoms with Crippen LogP contribution in [0, 0.1) is 0 Å². The Balaban J connectivity index is 1.65. The third-order valence-electron chi connectivity index (χ3n) is 3.23. The lowest BCUT2D eigenvalue weighted by Crippen LogP contribution is -2.18. The molecule has 1 saturated carbocycles. The first-order valence-electron chi connectivity index (χ1n) is 7.33. The molecule has 1 aliphatic carbocycles. The van der Waals surface area contributed by atoms with Crippen molar-refractivity contribution in [3.63, 3.8) is 0 Å². The van der Waals surface area contributed by atoms with Gasteiger partial charge in [-0.05, 0) is 37.5 Å². The first-order chi connectivity index (χ1) is 9.78. The fourth-order valence-electron chi connectivity index (χ4n) is 1.99. The minimum atomic E-state index is 0.109. The summed E-state index contributed by atoms with van der Waals surface area (Å²) in [4.78, 5) is 0. The Labute approximate surface area is 121 Å². The van der Waals surface area contributed by atoms with E-state index in [0.717, 1.165) is 18.3 Å². The molecule has 0 amide bonds. The average Bonchev–Trinajstić information content (AvgIpc) is 3.26. The molecular weight excluding hydrogens is 254 g/mol. The second-order valence-electron chi connectivity index (χ2n) is 5.29. The highest BCUT2D eigenvalue weighted by Gasteiger charge is 2.19. The van der Waals surface area contributed by atoms with Gasteiger partial charge in [0, 0.05) is 19.7 Å². The van der Waals surface area contributed by atoms with Gasteiger partial charge in [0.2, 0.25) is 0 Å². The molecule has 0 aromatic heterocycles. The fourth-order valence-corrected chi connectivity index (χ4v) is 1.99. The van der Waals surface area contributed by atoms with Crippen molar-refractivity contribution in [1.29, 1.82) is 0 Å². The molecule has 20 heavy (non-hydrogen) atoms.